The molecule has 0 bridgehead atoms. The van der Waals surface area contributed by atoms with Crippen LogP contribution in [-0.2, 0) is 9.53 Å². The minimum atomic E-state index is -0.0117. The van der Waals surface area contributed by atoms with Gasteiger partial charge >= 0.3 is 5.97 Å². The van der Waals surface area contributed by atoms with E-state index in [0.717, 1.165) is 25.7 Å². The van der Waals surface area contributed by atoms with E-state index in [2.05, 4.69) is 13.5 Å². The van der Waals surface area contributed by atoms with Gasteiger partial charge in [0, 0.05) is 6.42 Å². The smallest absolute Gasteiger partial charge is 0.305 e. The molecule has 2 nitrogen and oxygen atoms in total. The average Bonchev–Trinajstić information content (AvgIpc) is 2.86. The molecule has 0 N–H and O–H groups in total. The van der Waals surface area contributed by atoms with Crippen LogP contribution in [0.5, 0.6) is 0 Å². The van der Waals surface area contributed by atoms with Crippen LogP contribution in [-0.4, -0.2) is 12.6 Å². The van der Waals surface area contributed by atoms with Gasteiger partial charge in [-0.2, -0.15) is 0 Å². The third kappa shape index (κ3) is 31.2. The summed E-state index contributed by atoms with van der Waals surface area (Å²) in [6.45, 7) is 6.58. The molecule has 0 fully saturated rings. The third-order valence-electron chi connectivity index (χ3n) is 7.30. The number of allylic oxidation sites excluding steroid dienone is 1. The molecule has 0 radical (unpaired) electrons. The van der Waals surface area contributed by atoms with Gasteiger partial charge in [-0.3, -0.25) is 4.79 Å². The Morgan fingerprint density at radius 2 is 0.857 bits per heavy atom. The second-order valence-corrected chi connectivity index (χ2v) is 10.9. The molecular weight excluding hydrogens is 428 g/mol. The summed E-state index contributed by atoms with van der Waals surface area (Å²) < 4.78 is 5.27. The zero-order chi connectivity index (χ0) is 25.5. The van der Waals surface area contributed by atoms with Crippen molar-refractivity contribution in [3.63, 3.8) is 0 Å². The van der Waals surface area contributed by atoms with Gasteiger partial charge in [0.15, 0.2) is 0 Å². The third-order valence-corrected chi connectivity index (χ3v) is 7.30. The molecule has 0 aromatic carbocycles. The Hall–Kier alpha value is -0.790. The van der Waals surface area contributed by atoms with E-state index in [9.17, 15) is 4.79 Å². The van der Waals surface area contributed by atoms with Crippen molar-refractivity contribution in [2.75, 3.05) is 6.61 Å². The summed E-state index contributed by atoms with van der Waals surface area (Å²) in [7, 11) is 0. The number of esters is 1. The zero-order valence-corrected chi connectivity index (χ0v) is 24.1. The second kappa shape index (κ2) is 31.2. The van der Waals surface area contributed by atoms with Gasteiger partial charge < -0.3 is 4.74 Å². The molecule has 2 heteroatoms. The van der Waals surface area contributed by atoms with Crippen LogP contribution in [0.2, 0.25) is 0 Å². The highest BCUT2D eigenvalue weighted by molar-refractivity contribution is 5.69. The number of carbonyl (C=O) groups excluding carboxylic acids is 1. The molecular formula is C33H64O2. The zero-order valence-electron chi connectivity index (χ0n) is 24.1. The van der Waals surface area contributed by atoms with Crippen LogP contribution < -0.4 is 0 Å². The molecule has 0 unspecified atom stereocenters. The molecule has 0 saturated carbocycles. The summed E-state index contributed by atoms with van der Waals surface area (Å²) >= 11 is 0. The molecule has 0 heterocycles. The van der Waals surface area contributed by atoms with Crippen molar-refractivity contribution in [2.24, 2.45) is 0 Å². The summed E-state index contributed by atoms with van der Waals surface area (Å²) in [6.07, 6.45) is 39.2. The molecule has 0 aliphatic heterocycles. The number of rotatable bonds is 30. The fourth-order valence-electron chi connectivity index (χ4n) is 4.88. The van der Waals surface area contributed by atoms with E-state index in [1.165, 1.54) is 148 Å². The summed E-state index contributed by atoms with van der Waals surface area (Å²) in [5.74, 6) is -0.0117. The lowest BCUT2D eigenvalue weighted by molar-refractivity contribution is -0.143. The normalized spacial score (nSPS) is 11.1. The maximum absolute atomic E-state index is 11.7. The summed E-state index contributed by atoms with van der Waals surface area (Å²) in [4.78, 5) is 11.7. The van der Waals surface area contributed by atoms with Crippen LogP contribution in [0.15, 0.2) is 12.7 Å². The largest absolute Gasteiger partial charge is 0.466 e. The predicted molar refractivity (Wildman–Crippen MR) is 156 cm³/mol. The Balaban J connectivity index is 3.08. The predicted octanol–water partition coefficient (Wildman–Crippen LogP) is 11.7. The molecule has 0 aromatic rings. The van der Waals surface area contributed by atoms with Gasteiger partial charge in [0.25, 0.3) is 0 Å². The first kappa shape index (κ1) is 34.2. The number of hydrogen-bond acceptors (Lipinski definition) is 2. The molecule has 0 aromatic heterocycles. The topological polar surface area (TPSA) is 26.3 Å². The highest BCUT2D eigenvalue weighted by atomic mass is 16.5. The molecule has 35 heavy (non-hydrogen) atoms. The van der Waals surface area contributed by atoms with E-state index < -0.39 is 0 Å². The maximum Gasteiger partial charge on any atom is 0.305 e. The lowest BCUT2D eigenvalue weighted by Crippen LogP contribution is -2.05. The number of carbonyl (C=O) groups is 1. The standard InChI is InChI=1S/C33H64O2/c1-3-5-7-9-10-11-12-13-14-15-16-17-18-19-20-21-22-23-24-25-26-27-28-29-31-33(34)35-32-30-8-6-4-2/h4H,2-3,5-32H2,1H3. The van der Waals surface area contributed by atoms with Crippen LogP contribution in [0.4, 0.5) is 0 Å². The highest BCUT2D eigenvalue weighted by Crippen LogP contribution is 2.16. The van der Waals surface area contributed by atoms with E-state index in [-0.39, 0.29) is 5.97 Å². The minimum Gasteiger partial charge on any atom is -0.466 e. The van der Waals surface area contributed by atoms with Crippen molar-refractivity contribution in [3.8, 4) is 0 Å². The van der Waals surface area contributed by atoms with Gasteiger partial charge in [-0.15, -0.1) is 6.58 Å². The Morgan fingerprint density at radius 1 is 0.514 bits per heavy atom. The molecule has 0 spiro atoms. The van der Waals surface area contributed by atoms with E-state index in [4.69, 9.17) is 4.74 Å². The first-order chi connectivity index (χ1) is 17.3. The summed E-state index contributed by atoms with van der Waals surface area (Å²) in [5, 5.41) is 0. The van der Waals surface area contributed by atoms with Crippen molar-refractivity contribution in [2.45, 2.75) is 187 Å². The van der Waals surface area contributed by atoms with Gasteiger partial charge in [0.2, 0.25) is 0 Å². The Labute approximate surface area is 221 Å². The van der Waals surface area contributed by atoms with E-state index in [0.29, 0.717) is 13.0 Å². The monoisotopic (exact) mass is 492 g/mol. The molecule has 0 saturated heterocycles. The highest BCUT2D eigenvalue weighted by Gasteiger charge is 2.02. The minimum absolute atomic E-state index is 0.0117. The first-order valence-corrected chi connectivity index (χ1v) is 16.1. The Morgan fingerprint density at radius 3 is 1.20 bits per heavy atom. The molecule has 0 aliphatic rings. The average molecular weight is 493 g/mol. The number of hydrogen-bond donors (Lipinski definition) is 0. The lowest BCUT2D eigenvalue weighted by Gasteiger charge is -2.05. The molecule has 208 valence electrons. The molecule has 0 rings (SSSR count). The van der Waals surface area contributed by atoms with E-state index >= 15 is 0 Å². The number of ether oxygens (including phenoxy) is 1. The van der Waals surface area contributed by atoms with Crippen molar-refractivity contribution in [1.29, 1.82) is 0 Å². The van der Waals surface area contributed by atoms with Gasteiger partial charge in [0.05, 0.1) is 6.61 Å². The van der Waals surface area contributed by atoms with E-state index in [1.807, 2.05) is 6.08 Å². The molecule has 0 aliphatic carbocycles. The fraction of sp³-hybridized carbons (Fsp3) is 0.909. The van der Waals surface area contributed by atoms with Gasteiger partial charge in [-0.1, -0.05) is 161 Å². The molecule has 0 atom stereocenters. The van der Waals surface area contributed by atoms with Gasteiger partial charge in [0.1, 0.15) is 0 Å². The van der Waals surface area contributed by atoms with Crippen molar-refractivity contribution in [3.05, 3.63) is 12.7 Å². The fourth-order valence-corrected chi connectivity index (χ4v) is 4.88. The summed E-state index contributed by atoms with van der Waals surface area (Å²) in [6, 6.07) is 0. The quantitative estimate of drug-likeness (QED) is 0.0566. The second-order valence-electron chi connectivity index (χ2n) is 10.9. The van der Waals surface area contributed by atoms with Gasteiger partial charge in [-0.05, 0) is 25.7 Å². The number of unbranched alkanes of at least 4 members (excludes halogenated alkanes) is 25. The van der Waals surface area contributed by atoms with E-state index in [1.54, 1.807) is 0 Å². The summed E-state index contributed by atoms with van der Waals surface area (Å²) in [5.41, 5.74) is 0. The van der Waals surface area contributed by atoms with Crippen molar-refractivity contribution >= 4 is 5.97 Å². The Bertz CT molecular complexity index is 417. The SMILES string of the molecule is C=CCCCCOC(=O)CCCCCCCCCCCCCCCCCCCCCCCCCC. The van der Waals surface area contributed by atoms with Crippen LogP contribution in [0.1, 0.15) is 187 Å². The van der Waals surface area contributed by atoms with Crippen LogP contribution in [0, 0.1) is 0 Å². The Kier molecular flexibility index (Phi) is 30.5. The van der Waals surface area contributed by atoms with Crippen molar-refractivity contribution in [1.82, 2.24) is 0 Å². The van der Waals surface area contributed by atoms with Gasteiger partial charge in [-0.25, -0.2) is 0 Å². The molecule has 0 amide bonds. The van der Waals surface area contributed by atoms with Crippen LogP contribution in [0.3, 0.4) is 0 Å². The van der Waals surface area contributed by atoms with Crippen molar-refractivity contribution < 1.29 is 9.53 Å². The first-order valence-electron chi connectivity index (χ1n) is 16.1. The van der Waals surface area contributed by atoms with Crippen LogP contribution in [0.25, 0.3) is 0 Å². The lowest BCUT2D eigenvalue weighted by atomic mass is 10.0. The van der Waals surface area contributed by atoms with Crippen LogP contribution >= 0.6 is 0 Å². The maximum atomic E-state index is 11.7.